The Labute approximate surface area is 223 Å². The predicted octanol–water partition coefficient (Wildman–Crippen LogP) is 5.52. The van der Waals surface area contributed by atoms with Crippen LogP contribution in [0.2, 0.25) is 0 Å². The number of halogens is 1. The molecule has 1 aliphatic heterocycles. The second-order valence-corrected chi connectivity index (χ2v) is 9.21. The lowest BCUT2D eigenvalue weighted by atomic mass is 9.85. The van der Waals surface area contributed by atoms with Crippen molar-refractivity contribution in [1.29, 1.82) is 5.26 Å². The van der Waals surface area contributed by atoms with Crippen LogP contribution in [-0.2, 0) is 9.59 Å². The van der Waals surface area contributed by atoms with Crippen LogP contribution in [0.15, 0.2) is 93.2 Å². The molecule has 0 radical (unpaired) electrons. The highest BCUT2D eigenvalue weighted by molar-refractivity contribution is 8.03. The third kappa shape index (κ3) is 6.25. The van der Waals surface area contributed by atoms with E-state index in [0.29, 0.717) is 45.8 Å². The number of hydrogen-bond acceptors (Lipinski definition) is 7. The molecule has 0 spiro atoms. The lowest BCUT2D eigenvalue weighted by molar-refractivity contribution is -0.114. The fourth-order valence-corrected chi connectivity index (χ4v) is 4.86. The van der Waals surface area contributed by atoms with Crippen molar-refractivity contribution in [2.24, 2.45) is 0 Å². The zero-order valence-electron chi connectivity index (χ0n) is 20.7. The van der Waals surface area contributed by atoms with Gasteiger partial charge in [0.05, 0.1) is 46.8 Å². The first-order valence-electron chi connectivity index (χ1n) is 11.8. The molecule has 38 heavy (non-hydrogen) atoms. The molecular formula is C28H25FN4O4S. The topological polar surface area (TPSA) is 116 Å². The number of ether oxygens (including phenoxy) is 1. The van der Waals surface area contributed by atoms with Crippen molar-refractivity contribution in [3.63, 3.8) is 0 Å². The maximum Gasteiger partial charge on any atom is 0.254 e. The Kier molecular flexibility index (Phi) is 8.51. The molecule has 0 fully saturated rings. The normalized spacial score (nSPS) is 14.9. The summed E-state index contributed by atoms with van der Waals surface area (Å²) in [5, 5.41) is 19.2. The summed E-state index contributed by atoms with van der Waals surface area (Å²) in [4.78, 5) is 25.9. The van der Waals surface area contributed by atoms with E-state index < -0.39 is 17.6 Å². The quantitative estimate of drug-likeness (QED) is 0.332. The average molecular weight is 533 g/mol. The van der Waals surface area contributed by atoms with Gasteiger partial charge in [-0.2, -0.15) is 5.26 Å². The largest absolute Gasteiger partial charge is 0.494 e. The van der Waals surface area contributed by atoms with Crippen LogP contribution < -0.4 is 20.7 Å². The highest BCUT2D eigenvalue weighted by atomic mass is 32.2. The smallest absolute Gasteiger partial charge is 0.254 e. The van der Waals surface area contributed by atoms with Crippen LogP contribution in [0.1, 0.15) is 25.5 Å². The van der Waals surface area contributed by atoms with E-state index in [1.165, 1.54) is 24.5 Å². The molecule has 3 N–H and O–H groups in total. The maximum atomic E-state index is 13.4. The van der Waals surface area contributed by atoms with Crippen molar-refractivity contribution in [2.75, 3.05) is 23.0 Å². The van der Waals surface area contributed by atoms with Crippen LogP contribution >= 0.6 is 11.8 Å². The minimum Gasteiger partial charge on any atom is -0.494 e. The number of dihydropyridines is 1. The van der Waals surface area contributed by atoms with Gasteiger partial charge in [0, 0.05) is 17.1 Å². The third-order valence-electron chi connectivity index (χ3n) is 5.60. The van der Waals surface area contributed by atoms with Crippen LogP contribution in [0, 0.1) is 17.1 Å². The first kappa shape index (κ1) is 26.6. The number of thioether (sulfide) groups is 1. The van der Waals surface area contributed by atoms with Gasteiger partial charge in [0.1, 0.15) is 17.3 Å². The molecule has 2 heterocycles. The summed E-state index contributed by atoms with van der Waals surface area (Å²) in [5.74, 6) is -0.961. The number of nitrogens with one attached hydrogen (secondary N) is 3. The van der Waals surface area contributed by atoms with Crippen molar-refractivity contribution in [1.82, 2.24) is 5.32 Å². The summed E-state index contributed by atoms with van der Waals surface area (Å²) >= 11 is 1.11. The van der Waals surface area contributed by atoms with Gasteiger partial charge < -0.3 is 25.1 Å². The second kappa shape index (κ2) is 12.2. The lowest BCUT2D eigenvalue weighted by Gasteiger charge is -2.28. The maximum absolute atomic E-state index is 13.4. The molecule has 2 aromatic carbocycles. The van der Waals surface area contributed by atoms with Gasteiger partial charge in [-0.1, -0.05) is 17.8 Å². The third-order valence-corrected chi connectivity index (χ3v) is 6.62. The Morgan fingerprint density at radius 1 is 1.13 bits per heavy atom. The fraction of sp³-hybridized carbons (Fsp3) is 0.179. The second-order valence-electron chi connectivity index (χ2n) is 8.23. The number of nitriles is 1. The van der Waals surface area contributed by atoms with Crippen molar-refractivity contribution in [3.8, 4) is 11.8 Å². The Morgan fingerprint density at radius 2 is 1.92 bits per heavy atom. The molecule has 0 saturated heterocycles. The first-order valence-corrected chi connectivity index (χ1v) is 12.8. The molecule has 0 aliphatic carbocycles. The summed E-state index contributed by atoms with van der Waals surface area (Å²) in [5.41, 5.74) is 1.97. The number of amides is 2. The van der Waals surface area contributed by atoms with Gasteiger partial charge >= 0.3 is 0 Å². The van der Waals surface area contributed by atoms with E-state index in [9.17, 15) is 19.2 Å². The molecular weight excluding hydrogens is 507 g/mol. The molecule has 2 amide bonds. The van der Waals surface area contributed by atoms with E-state index in [0.717, 1.165) is 11.8 Å². The average Bonchev–Trinajstić information content (AvgIpc) is 3.43. The van der Waals surface area contributed by atoms with Crippen LogP contribution in [0.4, 0.5) is 15.8 Å². The molecule has 194 valence electrons. The predicted molar refractivity (Wildman–Crippen MR) is 144 cm³/mol. The first-order chi connectivity index (χ1) is 18.4. The van der Waals surface area contributed by atoms with Gasteiger partial charge in [0.15, 0.2) is 0 Å². The van der Waals surface area contributed by atoms with Crippen LogP contribution in [-0.4, -0.2) is 24.2 Å². The number of carbonyl (C=O) groups excluding carboxylic acids is 2. The van der Waals surface area contributed by atoms with Crippen LogP contribution in [0.5, 0.6) is 5.75 Å². The SMILES string of the molecule is CCOc1ccc(NC(=O)C2=C(C)NC(SCC(=O)Nc3cccc(F)c3)=C(C#N)C2c2ccco2)cc1. The van der Waals surface area contributed by atoms with E-state index >= 15 is 0 Å². The summed E-state index contributed by atoms with van der Waals surface area (Å²) < 4.78 is 24.5. The highest BCUT2D eigenvalue weighted by Gasteiger charge is 2.36. The van der Waals surface area contributed by atoms with Gasteiger partial charge in [0.25, 0.3) is 5.91 Å². The van der Waals surface area contributed by atoms with Crippen molar-refractivity contribution < 1.29 is 23.1 Å². The molecule has 0 bridgehead atoms. The minimum atomic E-state index is -0.785. The van der Waals surface area contributed by atoms with Crippen LogP contribution in [0.25, 0.3) is 0 Å². The Morgan fingerprint density at radius 3 is 2.58 bits per heavy atom. The van der Waals surface area contributed by atoms with E-state index in [4.69, 9.17) is 9.15 Å². The standard InChI is InChI=1S/C28H25FN4O4S/c1-3-36-21-11-9-19(10-12-21)33-27(35)25-17(2)31-28(22(15-30)26(25)23-8-5-13-37-23)38-16-24(34)32-20-7-4-6-18(29)14-20/h4-14,26,31H,3,16H2,1-2H3,(H,32,34)(H,33,35). The summed E-state index contributed by atoms with van der Waals surface area (Å²) in [6.45, 7) is 4.15. The Hall–Kier alpha value is -4.49. The molecule has 10 heteroatoms. The number of nitrogens with zero attached hydrogens (tertiary/aromatic N) is 1. The lowest BCUT2D eigenvalue weighted by Crippen LogP contribution is -2.31. The number of allylic oxidation sites excluding steroid dienone is 2. The number of rotatable bonds is 9. The molecule has 8 nitrogen and oxygen atoms in total. The van der Waals surface area contributed by atoms with E-state index in [2.05, 4.69) is 22.0 Å². The Bertz CT molecular complexity index is 1430. The summed E-state index contributed by atoms with van der Waals surface area (Å²) in [7, 11) is 0. The molecule has 0 saturated carbocycles. The van der Waals surface area contributed by atoms with Crippen molar-refractivity contribution >= 4 is 35.0 Å². The molecule has 1 aliphatic rings. The van der Waals surface area contributed by atoms with E-state index in [1.807, 2.05) is 6.92 Å². The van der Waals surface area contributed by atoms with Gasteiger partial charge in [-0.05, 0) is 68.4 Å². The van der Waals surface area contributed by atoms with Gasteiger partial charge in [-0.15, -0.1) is 0 Å². The number of carbonyl (C=O) groups is 2. The van der Waals surface area contributed by atoms with Crippen molar-refractivity contribution in [3.05, 3.63) is 100 Å². The van der Waals surface area contributed by atoms with Gasteiger partial charge in [-0.3, -0.25) is 9.59 Å². The molecule has 1 atom stereocenters. The number of hydrogen-bond donors (Lipinski definition) is 3. The van der Waals surface area contributed by atoms with Gasteiger partial charge in [0.2, 0.25) is 5.91 Å². The zero-order chi connectivity index (χ0) is 27.1. The minimum absolute atomic E-state index is 0.0457. The summed E-state index contributed by atoms with van der Waals surface area (Å²) in [6, 6.07) is 18.1. The number of furan rings is 1. The Balaban J connectivity index is 1.55. The highest BCUT2D eigenvalue weighted by Crippen LogP contribution is 2.41. The summed E-state index contributed by atoms with van der Waals surface area (Å²) in [6.07, 6.45) is 1.48. The molecule has 1 unspecified atom stereocenters. The number of anilines is 2. The van der Waals surface area contributed by atoms with Crippen LogP contribution in [0.3, 0.4) is 0 Å². The van der Waals surface area contributed by atoms with E-state index in [1.54, 1.807) is 49.4 Å². The zero-order valence-corrected chi connectivity index (χ0v) is 21.5. The number of benzene rings is 2. The van der Waals surface area contributed by atoms with Gasteiger partial charge in [-0.25, -0.2) is 4.39 Å². The monoisotopic (exact) mass is 532 g/mol. The van der Waals surface area contributed by atoms with E-state index in [-0.39, 0.29) is 17.2 Å². The fourth-order valence-electron chi connectivity index (χ4n) is 3.97. The van der Waals surface area contributed by atoms with Crippen molar-refractivity contribution in [2.45, 2.75) is 19.8 Å². The molecule has 4 rings (SSSR count). The molecule has 1 aromatic heterocycles. The molecule has 3 aromatic rings.